The van der Waals surface area contributed by atoms with Gasteiger partial charge in [0.1, 0.15) is 5.01 Å². The Balaban J connectivity index is 1.72. The van der Waals surface area contributed by atoms with E-state index in [2.05, 4.69) is 37.5 Å². The number of allylic oxidation sites excluding steroid dienone is 1. The second-order valence-corrected chi connectivity index (χ2v) is 12.0. The first kappa shape index (κ1) is 26.0. The third-order valence-electron chi connectivity index (χ3n) is 7.50. The molecule has 5 rings (SSSR count). The largest absolute Gasteiger partial charge is 0.325 e. The summed E-state index contributed by atoms with van der Waals surface area (Å²) < 4.78 is 1.13. The standard InChI is InChI=1S/C31H30Cl2N2OS/c1-4-17-31(3)19-24(21-9-8-10-23(33)18-21)28(20-13-15-22(32)16-14-20)35(30(31)36)26(5-2)29-34-25-11-6-7-12-27(25)37-29/h4,6-16,18,24,26,28H,1,5,17,19H2,2-3H3. The number of amides is 1. The zero-order valence-corrected chi connectivity index (χ0v) is 23.4. The zero-order valence-electron chi connectivity index (χ0n) is 21.0. The van der Waals surface area contributed by atoms with E-state index in [0.29, 0.717) is 22.9 Å². The van der Waals surface area contributed by atoms with Gasteiger partial charge in [0.05, 0.1) is 27.7 Å². The van der Waals surface area contributed by atoms with Gasteiger partial charge in [-0.2, -0.15) is 0 Å². The van der Waals surface area contributed by atoms with E-state index in [1.54, 1.807) is 11.3 Å². The Morgan fingerprint density at radius 3 is 2.51 bits per heavy atom. The molecular formula is C31H30Cl2N2OS. The first-order chi connectivity index (χ1) is 17.8. The van der Waals surface area contributed by atoms with Gasteiger partial charge in [0, 0.05) is 16.0 Å². The van der Waals surface area contributed by atoms with Crippen molar-refractivity contribution in [1.82, 2.24) is 9.88 Å². The van der Waals surface area contributed by atoms with Gasteiger partial charge in [-0.05, 0) is 66.8 Å². The highest BCUT2D eigenvalue weighted by molar-refractivity contribution is 7.18. The predicted molar refractivity (Wildman–Crippen MR) is 155 cm³/mol. The van der Waals surface area contributed by atoms with Crippen molar-refractivity contribution in [1.29, 1.82) is 0 Å². The lowest BCUT2D eigenvalue weighted by Crippen LogP contribution is -2.52. The maximum Gasteiger partial charge on any atom is 0.229 e. The first-order valence-electron chi connectivity index (χ1n) is 12.6. The van der Waals surface area contributed by atoms with Gasteiger partial charge >= 0.3 is 0 Å². The van der Waals surface area contributed by atoms with Crippen LogP contribution in [0.15, 0.2) is 85.5 Å². The third kappa shape index (κ3) is 4.95. The lowest BCUT2D eigenvalue weighted by atomic mass is 9.67. The van der Waals surface area contributed by atoms with E-state index in [9.17, 15) is 4.79 Å². The molecule has 2 heterocycles. The molecule has 4 unspecified atom stereocenters. The van der Waals surface area contributed by atoms with E-state index in [1.807, 2.05) is 66.7 Å². The summed E-state index contributed by atoms with van der Waals surface area (Å²) in [6.45, 7) is 8.20. The number of carbonyl (C=O) groups excluding carboxylic acids is 1. The van der Waals surface area contributed by atoms with Gasteiger partial charge in [-0.1, -0.05) is 79.5 Å². The molecule has 0 N–H and O–H groups in total. The third-order valence-corrected chi connectivity index (χ3v) is 9.13. The number of carbonyl (C=O) groups is 1. The number of para-hydroxylation sites is 1. The molecule has 1 amide bonds. The van der Waals surface area contributed by atoms with Gasteiger partial charge in [0.15, 0.2) is 0 Å². The highest BCUT2D eigenvalue weighted by Gasteiger charge is 2.51. The summed E-state index contributed by atoms with van der Waals surface area (Å²) in [5.41, 5.74) is 2.55. The van der Waals surface area contributed by atoms with Crippen molar-refractivity contribution in [2.45, 2.75) is 51.1 Å². The molecule has 0 aliphatic carbocycles. The van der Waals surface area contributed by atoms with Crippen LogP contribution in [0.3, 0.4) is 0 Å². The van der Waals surface area contributed by atoms with Crippen LogP contribution in [0, 0.1) is 5.41 Å². The molecule has 1 aromatic heterocycles. The molecule has 0 bridgehead atoms. The molecule has 190 valence electrons. The van der Waals surface area contributed by atoms with Crippen LogP contribution in [0.1, 0.15) is 67.2 Å². The summed E-state index contributed by atoms with van der Waals surface area (Å²) in [6.07, 6.45) is 3.91. The summed E-state index contributed by atoms with van der Waals surface area (Å²) in [7, 11) is 0. The number of rotatable bonds is 7. The minimum absolute atomic E-state index is 0.0333. The van der Waals surface area contributed by atoms with Crippen LogP contribution < -0.4 is 0 Å². The minimum atomic E-state index is -0.595. The molecule has 1 aliphatic rings. The first-order valence-corrected chi connectivity index (χ1v) is 14.2. The Morgan fingerprint density at radius 1 is 1.08 bits per heavy atom. The van der Waals surface area contributed by atoms with Crippen LogP contribution >= 0.6 is 34.5 Å². The average molecular weight is 550 g/mol. The van der Waals surface area contributed by atoms with E-state index in [1.165, 1.54) is 0 Å². The number of likely N-dealkylation sites (tertiary alicyclic amines) is 1. The molecule has 1 aliphatic heterocycles. The quantitative estimate of drug-likeness (QED) is 0.215. The second-order valence-electron chi connectivity index (χ2n) is 10.1. The molecule has 0 spiro atoms. The number of benzene rings is 3. The molecule has 37 heavy (non-hydrogen) atoms. The Bertz CT molecular complexity index is 1400. The van der Waals surface area contributed by atoms with Crippen molar-refractivity contribution < 1.29 is 4.79 Å². The molecule has 4 aromatic rings. The Kier molecular flexibility index (Phi) is 7.44. The monoisotopic (exact) mass is 548 g/mol. The minimum Gasteiger partial charge on any atom is -0.325 e. The molecule has 0 radical (unpaired) electrons. The topological polar surface area (TPSA) is 33.2 Å². The number of hydrogen-bond acceptors (Lipinski definition) is 3. The fraction of sp³-hybridized carbons (Fsp3) is 0.290. The molecule has 4 atom stereocenters. The van der Waals surface area contributed by atoms with Crippen LogP contribution in [0.4, 0.5) is 0 Å². The SMILES string of the molecule is C=CCC1(C)CC(c2cccc(Cl)c2)C(c2ccc(Cl)cc2)N(C(CC)c2nc3ccccc3s2)C1=O. The Hall–Kier alpha value is -2.66. The Morgan fingerprint density at radius 2 is 1.84 bits per heavy atom. The zero-order chi connectivity index (χ0) is 26.2. The highest BCUT2D eigenvalue weighted by atomic mass is 35.5. The fourth-order valence-electron chi connectivity index (χ4n) is 5.75. The summed E-state index contributed by atoms with van der Waals surface area (Å²) in [5.74, 6) is 0.169. The molecule has 1 fully saturated rings. The highest BCUT2D eigenvalue weighted by Crippen LogP contribution is 2.54. The van der Waals surface area contributed by atoms with Gasteiger partial charge in [-0.15, -0.1) is 17.9 Å². The average Bonchev–Trinajstić information content (AvgIpc) is 3.32. The molecule has 3 aromatic carbocycles. The van der Waals surface area contributed by atoms with E-state index in [-0.39, 0.29) is 23.9 Å². The second kappa shape index (κ2) is 10.6. The van der Waals surface area contributed by atoms with Gasteiger partial charge in [-0.25, -0.2) is 4.98 Å². The van der Waals surface area contributed by atoms with Gasteiger partial charge in [0.25, 0.3) is 0 Å². The van der Waals surface area contributed by atoms with Crippen molar-refractivity contribution in [3.8, 4) is 0 Å². The molecule has 6 heteroatoms. The van der Waals surface area contributed by atoms with E-state index in [4.69, 9.17) is 28.2 Å². The van der Waals surface area contributed by atoms with Gasteiger partial charge < -0.3 is 4.90 Å². The van der Waals surface area contributed by atoms with E-state index < -0.39 is 5.41 Å². The summed E-state index contributed by atoms with van der Waals surface area (Å²) in [5, 5.41) is 2.33. The fourth-order valence-corrected chi connectivity index (χ4v) is 7.23. The summed E-state index contributed by atoms with van der Waals surface area (Å²) in [4.78, 5) is 21.6. The van der Waals surface area contributed by atoms with Gasteiger partial charge in [0.2, 0.25) is 5.91 Å². The summed E-state index contributed by atoms with van der Waals surface area (Å²) in [6, 6.07) is 23.8. The van der Waals surface area contributed by atoms with Crippen LogP contribution in [0.2, 0.25) is 10.0 Å². The maximum atomic E-state index is 14.5. The number of fused-ring (bicyclic) bond motifs is 1. The van der Waals surface area contributed by atoms with E-state index >= 15 is 0 Å². The van der Waals surface area contributed by atoms with Crippen molar-refractivity contribution in [3.63, 3.8) is 0 Å². The number of nitrogens with zero attached hydrogens (tertiary/aromatic N) is 2. The lowest BCUT2D eigenvalue weighted by Gasteiger charge is -2.51. The normalized spacial score (nSPS) is 22.8. The molecule has 1 saturated heterocycles. The van der Waals surface area contributed by atoms with Crippen molar-refractivity contribution in [2.24, 2.45) is 5.41 Å². The number of hydrogen-bond donors (Lipinski definition) is 0. The van der Waals surface area contributed by atoms with Crippen molar-refractivity contribution >= 4 is 50.7 Å². The van der Waals surface area contributed by atoms with Crippen LogP contribution in [-0.4, -0.2) is 15.8 Å². The Labute approximate surface area is 232 Å². The maximum absolute atomic E-state index is 14.5. The van der Waals surface area contributed by atoms with Crippen LogP contribution in [0.25, 0.3) is 10.2 Å². The van der Waals surface area contributed by atoms with Crippen molar-refractivity contribution in [2.75, 3.05) is 0 Å². The van der Waals surface area contributed by atoms with Crippen LogP contribution in [0.5, 0.6) is 0 Å². The van der Waals surface area contributed by atoms with E-state index in [0.717, 1.165) is 32.8 Å². The number of aromatic nitrogens is 1. The number of thiazole rings is 1. The lowest BCUT2D eigenvalue weighted by molar-refractivity contribution is -0.155. The van der Waals surface area contributed by atoms with Gasteiger partial charge in [-0.3, -0.25) is 4.79 Å². The van der Waals surface area contributed by atoms with Crippen LogP contribution in [-0.2, 0) is 4.79 Å². The number of halogens is 2. The summed E-state index contributed by atoms with van der Waals surface area (Å²) >= 11 is 14.4. The molecular weight excluding hydrogens is 519 g/mol. The number of piperidine rings is 1. The smallest absolute Gasteiger partial charge is 0.229 e. The molecule has 3 nitrogen and oxygen atoms in total. The predicted octanol–water partition coefficient (Wildman–Crippen LogP) is 9.39. The van der Waals surface area contributed by atoms with Crippen molar-refractivity contribution in [3.05, 3.63) is 112 Å². The molecule has 0 saturated carbocycles.